The highest BCUT2D eigenvalue weighted by atomic mass is 32.1. The summed E-state index contributed by atoms with van der Waals surface area (Å²) in [7, 11) is 0. The summed E-state index contributed by atoms with van der Waals surface area (Å²) in [6, 6.07) is 8.10. The third-order valence-electron chi connectivity index (χ3n) is 2.90. The number of nitrogens with zero attached hydrogens (tertiary/aromatic N) is 1. The predicted molar refractivity (Wildman–Crippen MR) is 85.1 cm³/mol. The fraction of sp³-hybridized carbons (Fsp3) is 0.143. The van der Waals surface area contributed by atoms with E-state index in [0.717, 1.165) is 16.1 Å². The molecule has 0 bridgehead atoms. The Labute approximate surface area is 132 Å². The van der Waals surface area contributed by atoms with Gasteiger partial charge in [-0.3, -0.25) is 0 Å². The van der Waals surface area contributed by atoms with Crippen LogP contribution in [0.2, 0.25) is 0 Å². The summed E-state index contributed by atoms with van der Waals surface area (Å²) in [4.78, 5) is 22.6. The summed E-state index contributed by atoms with van der Waals surface area (Å²) in [5.41, 5.74) is 7.56. The number of carbonyl (C=O) groups is 2. The summed E-state index contributed by atoms with van der Waals surface area (Å²) >= 11 is 4.02. The standard InChI is InChI=1S/C14H15N3O4S/c15-10-3-1-9(2-4-10)5-6-16-14(20)17(22)11-7-12(13(18)19)21-8-11/h1-4,7-8,22H,5-6,15H2,(H,16,20)(H,18,19). The highest BCUT2D eigenvalue weighted by molar-refractivity contribution is 7.82. The second-order valence-electron chi connectivity index (χ2n) is 4.51. The lowest BCUT2D eigenvalue weighted by molar-refractivity contribution is 0.0662. The van der Waals surface area contributed by atoms with Crippen molar-refractivity contribution in [1.29, 1.82) is 0 Å². The molecule has 0 aliphatic heterocycles. The number of carbonyl (C=O) groups excluding carboxylic acids is 1. The molecule has 0 aliphatic carbocycles. The first-order valence-electron chi connectivity index (χ1n) is 6.40. The van der Waals surface area contributed by atoms with E-state index < -0.39 is 12.0 Å². The molecule has 8 heteroatoms. The van der Waals surface area contributed by atoms with Crippen molar-refractivity contribution in [2.75, 3.05) is 16.6 Å². The number of carboxylic acids is 1. The number of nitrogens with two attached hydrogens (primary N) is 1. The van der Waals surface area contributed by atoms with E-state index in [-0.39, 0.29) is 11.4 Å². The Balaban J connectivity index is 1.85. The Bertz CT molecular complexity index is 669. The van der Waals surface area contributed by atoms with E-state index in [4.69, 9.17) is 15.3 Å². The number of amides is 2. The van der Waals surface area contributed by atoms with Gasteiger partial charge in [-0.2, -0.15) is 0 Å². The van der Waals surface area contributed by atoms with Crippen LogP contribution in [0.4, 0.5) is 16.2 Å². The van der Waals surface area contributed by atoms with Crippen LogP contribution in [0.5, 0.6) is 0 Å². The molecule has 4 N–H and O–H groups in total. The molecule has 0 spiro atoms. The topological polar surface area (TPSA) is 109 Å². The molecule has 0 aliphatic rings. The molecule has 1 aromatic heterocycles. The summed E-state index contributed by atoms with van der Waals surface area (Å²) in [5.74, 6) is -1.47. The van der Waals surface area contributed by atoms with Crippen LogP contribution in [0.1, 0.15) is 16.1 Å². The summed E-state index contributed by atoms with van der Waals surface area (Å²) in [6.07, 6.45) is 1.79. The highest BCUT2D eigenvalue weighted by Gasteiger charge is 2.17. The van der Waals surface area contributed by atoms with Crippen LogP contribution in [-0.2, 0) is 6.42 Å². The highest BCUT2D eigenvalue weighted by Crippen LogP contribution is 2.20. The molecule has 2 aromatic rings. The third-order valence-corrected chi connectivity index (χ3v) is 3.32. The molecule has 2 rings (SSSR count). The van der Waals surface area contributed by atoms with Crippen molar-refractivity contribution in [3.05, 3.63) is 47.9 Å². The van der Waals surface area contributed by atoms with Gasteiger partial charge in [0.1, 0.15) is 6.26 Å². The molecule has 116 valence electrons. The lowest BCUT2D eigenvalue weighted by Gasteiger charge is -2.14. The number of hydrogen-bond donors (Lipinski definition) is 4. The van der Waals surface area contributed by atoms with Gasteiger partial charge in [-0.05, 0) is 24.1 Å². The van der Waals surface area contributed by atoms with Gasteiger partial charge < -0.3 is 20.6 Å². The van der Waals surface area contributed by atoms with Crippen molar-refractivity contribution >= 4 is 36.2 Å². The van der Waals surface area contributed by atoms with Crippen LogP contribution in [0.3, 0.4) is 0 Å². The maximum absolute atomic E-state index is 11.9. The predicted octanol–water partition coefficient (Wildman–Crippen LogP) is 2.16. The van der Waals surface area contributed by atoms with E-state index >= 15 is 0 Å². The first kappa shape index (κ1) is 15.8. The summed E-state index contributed by atoms with van der Waals surface area (Å²) < 4.78 is 5.79. The van der Waals surface area contributed by atoms with Crippen LogP contribution in [0.15, 0.2) is 41.0 Å². The van der Waals surface area contributed by atoms with Crippen molar-refractivity contribution in [2.24, 2.45) is 0 Å². The SMILES string of the molecule is Nc1ccc(CCNC(=O)N(S)c2coc(C(=O)O)c2)cc1. The second-order valence-corrected chi connectivity index (χ2v) is 4.91. The number of benzene rings is 1. The van der Waals surface area contributed by atoms with Crippen molar-refractivity contribution in [3.8, 4) is 0 Å². The Kier molecular flexibility index (Phi) is 4.95. The van der Waals surface area contributed by atoms with Gasteiger partial charge in [-0.1, -0.05) is 24.9 Å². The summed E-state index contributed by atoms with van der Waals surface area (Å²) in [6.45, 7) is 0.406. The zero-order valence-electron chi connectivity index (χ0n) is 11.5. The average Bonchev–Trinajstić information content (AvgIpc) is 2.98. The minimum Gasteiger partial charge on any atom is -0.475 e. The fourth-order valence-corrected chi connectivity index (χ4v) is 1.92. The summed E-state index contributed by atoms with van der Waals surface area (Å²) in [5, 5.41) is 11.4. The van der Waals surface area contributed by atoms with Gasteiger partial charge in [0.2, 0.25) is 5.76 Å². The van der Waals surface area contributed by atoms with Gasteiger partial charge >= 0.3 is 12.0 Å². The Morgan fingerprint density at radius 1 is 1.32 bits per heavy atom. The van der Waals surface area contributed by atoms with Crippen LogP contribution in [-0.4, -0.2) is 23.7 Å². The van der Waals surface area contributed by atoms with E-state index in [1.165, 1.54) is 6.07 Å². The zero-order chi connectivity index (χ0) is 16.1. The second kappa shape index (κ2) is 6.90. The Morgan fingerprint density at radius 2 is 2.00 bits per heavy atom. The zero-order valence-corrected chi connectivity index (χ0v) is 12.4. The number of hydrogen-bond acceptors (Lipinski definition) is 5. The smallest absolute Gasteiger partial charge is 0.371 e. The number of rotatable bonds is 5. The lowest BCUT2D eigenvalue weighted by Crippen LogP contribution is -2.35. The molecule has 0 fully saturated rings. The largest absolute Gasteiger partial charge is 0.475 e. The van der Waals surface area contributed by atoms with Gasteiger partial charge in [0, 0.05) is 18.3 Å². The van der Waals surface area contributed by atoms with E-state index in [9.17, 15) is 9.59 Å². The number of carboxylic acid groups (broad SMARTS) is 1. The van der Waals surface area contributed by atoms with Crippen molar-refractivity contribution < 1.29 is 19.1 Å². The van der Waals surface area contributed by atoms with Crippen molar-refractivity contribution in [1.82, 2.24) is 5.32 Å². The minimum atomic E-state index is -1.21. The maximum Gasteiger partial charge on any atom is 0.371 e. The number of nitrogens with one attached hydrogen (secondary N) is 1. The van der Waals surface area contributed by atoms with Crippen molar-refractivity contribution in [3.63, 3.8) is 0 Å². The molecular formula is C14H15N3O4S. The van der Waals surface area contributed by atoms with E-state index in [2.05, 4.69) is 18.1 Å². The van der Waals surface area contributed by atoms with Crippen LogP contribution >= 0.6 is 12.8 Å². The molecule has 0 saturated heterocycles. The number of aromatic carboxylic acids is 1. The third kappa shape index (κ3) is 3.95. The van der Waals surface area contributed by atoms with E-state index in [0.29, 0.717) is 18.7 Å². The molecule has 0 atom stereocenters. The molecule has 0 radical (unpaired) electrons. The van der Waals surface area contributed by atoms with Gasteiger partial charge in [0.15, 0.2) is 0 Å². The number of nitrogen functional groups attached to an aromatic ring is 1. The number of thiol groups is 1. The van der Waals surface area contributed by atoms with Gasteiger partial charge in [-0.15, -0.1) is 0 Å². The molecule has 0 saturated carbocycles. The first-order chi connectivity index (χ1) is 10.5. The number of anilines is 2. The normalized spacial score (nSPS) is 10.2. The van der Waals surface area contributed by atoms with Crippen LogP contribution in [0, 0.1) is 0 Å². The van der Waals surface area contributed by atoms with Gasteiger partial charge in [0.25, 0.3) is 0 Å². The fourth-order valence-electron chi connectivity index (χ4n) is 1.74. The molecular weight excluding hydrogens is 306 g/mol. The van der Waals surface area contributed by atoms with Crippen LogP contribution < -0.4 is 15.4 Å². The maximum atomic E-state index is 11.9. The Morgan fingerprint density at radius 3 is 2.59 bits per heavy atom. The van der Waals surface area contributed by atoms with Gasteiger partial charge in [0.05, 0.1) is 5.69 Å². The molecule has 1 heterocycles. The molecule has 7 nitrogen and oxygen atoms in total. The monoisotopic (exact) mass is 321 g/mol. The first-order valence-corrected chi connectivity index (χ1v) is 6.80. The Hall–Kier alpha value is -2.61. The number of urea groups is 1. The molecule has 1 aromatic carbocycles. The van der Waals surface area contributed by atoms with Gasteiger partial charge in [-0.25, -0.2) is 13.9 Å². The molecule has 22 heavy (non-hydrogen) atoms. The number of furan rings is 1. The average molecular weight is 321 g/mol. The van der Waals surface area contributed by atoms with E-state index in [1.807, 2.05) is 12.1 Å². The lowest BCUT2D eigenvalue weighted by atomic mass is 10.1. The van der Waals surface area contributed by atoms with Crippen molar-refractivity contribution in [2.45, 2.75) is 6.42 Å². The molecule has 2 amide bonds. The quantitative estimate of drug-likeness (QED) is 0.498. The molecule has 0 unspecified atom stereocenters. The van der Waals surface area contributed by atoms with E-state index in [1.54, 1.807) is 12.1 Å². The minimum absolute atomic E-state index is 0.241. The van der Waals surface area contributed by atoms with Crippen LogP contribution in [0.25, 0.3) is 0 Å².